The molecule has 1 atom stereocenters. The molecule has 0 aromatic carbocycles. The quantitative estimate of drug-likeness (QED) is 0.526. The monoisotopic (exact) mass is 451 g/mol. The number of aromatic nitrogens is 4. The summed E-state index contributed by atoms with van der Waals surface area (Å²) in [6.45, 7) is 4.13. The van der Waals surface area contributed by atoms with Crippen LogP contribution in [0.4, 0.5) is 5.13 Å². The molecule has 1 N–H and O–H groups in total. The molecule has 10 heteroatoms. The Balaban J connectivity index is 1.54. The van der Waals surface area contributed by atoms with Gasteiger partial charge < -0.3 is 0 Å². The zero-order valence-corrected chi connectivity index (χ0v) is 19.1. The Morgan fingerprint density at radius 2 is 2.07 bits per heavy atom. The molecule has 3 heterocycles. The van der Waals surface area contributed by atoms with Crippen molar-refractivity contribution in [2.24, 2.45) is 0 Å². The van der Waals surface area contributed by atoms with Gasteiger partial charge in [0, 0.05) is 17.7 Å². The second kappa shape index (κ2) is 9.18. The second-order valence-electron chi connectivity index (χ2n) is 7.46. The van der Waals surface area contributed by atoms with Gasteiger partial charge in [-0.2, -0.15) is 0 Å². The van der Waals surface area contributed by atoms with Crippen LogP contribution in [0.25, 0.3) is 0 Å². The molecule has 0 bridgehead atoms. The van der Waals surface area contributed by atoms with Crippen LogP contribution in [-0.2, 0) is 17.6 Å². The lowest BCUT2D eigenvalue weighted by molar-refractivity contribution is -0.113. The van der Waals surface area contributed by atoms with E-state index in [2.05, 4.69) is 22.4 Å². The number of rotatable bonds is 6. The third-order valence-electron chi connectivity index (χ3n) is 5.20. The first-order valence-electron chi connectivity index (χ1n) is 10.1. The summed E-state index contributed by atoms with van der Waals surface area (Å²) in [5, 5.41) is 13.3. The maximum absolute atomic E-state index is 13.3. The van der Waals surface area contributed by atoms with Crippen molar-refractivity contribution in [3.8, 4) is 0 Å². The van der Waals surface area contributed by atoms with Crippen molar-refractivity contribution in [1.29, 1.82) is 0 Å². The van der Waals surface area contributed by atoms with Crippen LogP contribution in [-0.4, -0.2) is 36.7 Å². The summed E-state index contributed by atoms with van der Waals surface area (Å²) in [6, 6.07) is 0.186. The zero-order valence-electron chi connectivity index (χ0n) is 16.6. The van der Waals surface area contributed by atoms with Gasteiger partial charge in [0.05, 0.1) is 16.3 Å². The highest BCUT2D eigenvalue weighted by molar-refractivity contribution is 8.00. The first-order valence-corrected chi connectivity index (χ1v) is 12.8. The predicted octanol–water partition coefficient (Wildman–Crippen LogP) is 3.93. The van der Waals surface area contributed by atoms with E-state index < -0.39 is 0 Å². The Bertz CT molecular complexity index is 952. The van der Waals surface area contributed by atoms with Crippen molar-refractivity contribution < 1.29 is 4.79 Å². The van der Waals surface area contributed by atoms with E-state index in [0.717, 1.165) is 54.1 Å². The second-order valence-corrected chi connectivity index (χ2v) is 10.9. The Hall–Kier alpha value is -1.39. The molecule has 1 aliphatic carbocycles. The molecule has 0 radical (unpaired) electrons. The number of carbonyl (C=O) groups is 1. The molecule has 2 aliphatic rings. The molecule has 156 valence electrons. The summed E-state index contributed by atoms with van der Waals surface area (Å²) in [5.41, 5.74) is 0.968. The van der Waals surface area contributed by atoms with Crippen LogP contribution >= 0.6 is 34.9 Å². The van der Waals surface area contributed by atoms with Crippen molar-refractivity contribution in [2.45, 2.75) is 80.1 Å². The van der Waals surface area contributed by atoms with Crippen LogP contribution in [0.2, 0.25) is 0 Å². The SMILES string of the molecule is CCc1nnc(NC(=O)CSc2nc3c(c(=O)n2C2CCCCC2)SC(C)C3)s1. The van der Waals surface area contributed by atoms with E-state index in [1.165, 1.54) is 29.5 Å². The molecule has 1 unspecified atom stereocenters. The maximum Gasteiger partial charge on any atom is 0.268 e. The average Bonchev–Trinajstić information content (AvgIpc) is 3.33. The van der Waals surface area contributed by atoms with E-state index in [-0.39, 0.29) is 23.3 Å². The summed E-state index contributed by atoms with van der Waals surface area (Å²) >= 11 is 4.38. The number of amides is 1. The number of anilines is 1. The molecule has 2 aromatic rings. The minimum Gasteiger partial charge on any atom is -0.300 e. The topological polar surface area (TPSA) is 89.8 Å². The van der Waals surface area contributed by atoms with Crippen LogP contribution in [0.15, 0.2) is 14.8 Å². The van der Waals surface area contributed by atoms with Gasteiger partial charge in [-0.1, -0.05) is 56.2 Å². The van der Waals surface area contributed by atoms with Gasteiger partial charge in [0.15, 0.2) is 5.16 Å². The summed E-state index contributed by atoms with van der Waals surface area (Å²) < 4.78 is 1.88. The molecule has 4 rings (SSSR count). The van der Waals surface area contributed by atoms with Gasteiger partial charge in [-0.05, 0) is 19.3 Å². The summed E-state index contributed by atoms with van der Waals surface area (Å²) in [6.07, 6.45) is 7.12. The Morgan fingerprint density at radius 1 is 1.28 bits per heavy atom. The number of hydrogen-bond acceptors (Lipinski definition) is 8. The first-order chi connectivity index (χ1) is 14.0. The number of carbonyl (C=O) groups excluding carboxylic acids is 1. The largest absolute Gasteiger partial charge is 0.300 e. The molecule has 7 nitrogen and oxygen atoms in total. The van der Waals surface area contributed by atoms with E-state index >= 15 is 0 Å². The number of nitrogens with one attached hydrogen (secondary N) is 1. The summed E-state index contributed by atoms with van der Waals surface area (Å²) in [5.74, 6) is 0.0447. The standard InChI is InChI=1S/C19H25N5O2S3/c1-3-15-22-23-18(29-15)21-14(25)10-27-19-20-13-9-11(2)28-16(13)17(26)24(19)12-7-5-4-6-8-12/h11-12H,3-10H2,1-2H3,(H,21,23,25). The number of aryl methyl sites for hydroxylation is 1. The molecule has 2 aromatic heterocycles. The Kier molecular flexibility index (Phi) is 6.60. The Morgan fingerprint density at radius 3 is 2.79 bits per heavy atom. The van der Waals surface area contributed by atoms with Gasteiger partial charge in [-0.15, -0.1) is 22.0 Å². The first kappa shape index (κ1) is 20.9. The van der Waals surface area contributed by atoms with Gasteiger partial charge >= 0.3 is 0 Å². The highest BCUT2D eigenvalue weighted by atomic mass is 32.2. The van der Waals surface area contributed by atoms with Gasteiger partial charge in [0.25, 0.3) is 5.56 Å². The van der Waals surface area contributed by atoms with Gasteiger partial charge in [-0.25, -0.2) is 4.98 Å². The number of nitrogens with zero attached hydrogens (tertiary/aromatic N) is 4. The third kappa shape index (κ3) is 4.69. The summed E-state index contributed by atoms with van der Waals surface area (Å²) in [4.78, 5) is 31.3. The van der Waals surface area contributed by atoms with E-state index in [1.54, 1.807) is 11.8 Å². The van der Waals surface area contributed by atoms with Gasteiger partial charge in [-0.3, -0.25) is 19.5 Å². The Labute approximate surface area is 182 Å². The zero-order chi connectivity index (χ0) is 20.4. The lowest BCUT2D eigenvalue weighted by atomic mass is 9.95. The van der Waals surface area contributed by atoms with E-state index in [1.807, 2.05) is 11.5 Å². The molecule has 1 amide bonds. The van der Waals surface area contributed by atoms with E-state index in [9.17, 15) is 9.59 Å². The van der Waals surface area contributed by atoms with Crippen LogP contribution in [0, 0.1) is 0 Å². The van der Waals surface area contributed by atoms with E-state index in [0.29, 0.717) is 15.5 Å². The molecule has 0 saturated heterocycles. The van der Waals surface area contributed by atoms with Crippen molar-refractivity contribution in [3.05, 3.63) is 21.1 Å². The van der Waals surface area contributed by atoms with Crippen molar-refractivity contribution in [3.63, 3.8) is 0 Å². The van der Waals surface area contributed by atoms with Gasteiger partial charge in [0.1, 0.15) is 5.01 Å². The number of hydrogen-bond donors (Lipinski definition) is 1. The van der Waals surface area contributed by atoms with Crippen LogP contribution in [0.1, 0.15) is 62.7 Å². The van der Waals surface area contributed by atoms with Crippen LogP contribution < -0.4 is 10.9 Å². The fraction of sp³-hybridized carbons (Fsp3) is 0.632. The fourth-order valence-electron chi connectivity index (χ4n) is 3.81. The van der Waals surface area contributed by atoms with Crippen molar-refractivity contribution in [1.82, 2.24) is 19.7 Å². The average molecular weight is 452 g/mol. The van der Waals surface area contributed by atoms with Crippen LogP contribution in [0.3, 0.4) is 0 Å². The lowest BCUT2D eigenvalue weighted by Crippen LogP contribution is -2.30. The highest BCUT2D eigenvalue weighted by Gasteiger charge is 2.29. The van der Waals surface area contributed by atoms with Crippen molar-refractivity contribution in [2.75, 3.05) is 11.1 Å². The third-order valence-corrected chi connectivity index (χ3v) is 8.35. The summed E-state index contributed by atoms with van der Waals surface area (Å²) in [7, 11) is 0. The smallest absolute Gasteiger partial charge is 0.268 e. The number of thioether (sulfide) groups is 2. The molecule has 1 fully saturated rings. The van der Waals surface area contributed by atoms with Crippen molar-refractivity contribution >= 4 is 45.9 Å². The minimum atomic E-state index is -0.151. The predicted molar refractivity (Wildman–Crippen MR) is 118 cm³/mol. The molecule has 1 aliphatic heterocycles. The normalized spacial score (nSPS) is 19.3. The van der Waals surface area contributed by atoms with Crippen LogP contribution in [0.5, 0.6) is 0 Å². The molecular formula is C19H25N5O2S3. The maximum atomic E-state index is 13.3. The molecule has 1 saturated carbocycles. The molecule has 0 spiro atoms. The molecular weight excluding hydrogens is 426 g/mol. The lowest BCUT2D eigenvalue weighted by Gasteiger charge is -2.26. The van der Waals surface area contributed by atoms with Gasteiger partial charge in [0.2, 0.25) is 11.0 Å². The fourth-order valence-corrected chi connectivity index (χ4v) is 6.49. The van der Waals surface area contributed by atoms with E-state index in [4.69, 9.17) is 4.98 Å². The molecule has 29 heavy (non-hydrogen) atoms. The highest BCUT2D eigenvalue weighted by Crippen LogP contribution is 2.37. The minimum absolute atomic E-state index is 0.0795. The number of fused-ring (bicyclic) bond motifs is 1.